The summed E-state index contributed by atoms with van der Waals surface area (Å²) in [5.41, 5.74) is 0.786. The summed E-state index contributed by atoms with van der Waals surface area (Å²) in [5.74, 6) is 1.84. The summed E-state index contributed by atoms with van der Waals surface area (Å²) in [7, 11) is 0. The van der Waals surface area contributed by atoms with Gasteiger partial charge < -0.3 is 19.9 Å². The summed E-state index contributed by atoms with van der Waals surface area (Å²) >= 11 is 0. The van der Waals surface area contributed by atoms with Crippen molar-refractivity contribution in [3.05, 3.63) is 54.2 Å². The number of rotatable bonds is 6. The lowest BCUT2D eigenvalue weighted by atomic mass is 10.2. The van der Waals surface area contributed by atoms with E-state index in [2.05, 4.69) is 25.8 Å². The Balaban J connectivity index is 1.75. The second kappa shape index (κ2) is 7.64. The first-order chi connectivity index (χ1) is 12.5. The predicted molar refractivity (Wildman–Crippen MR) is 96.7 cm³/mol. The number of aryl methyl sites for hydroxylation is 1. The molecule has 1 aromatic carbocycles. The lowest BCUT2D eigenvalue weighted by Gasteiger charge is -2.14. The van der Waals surface area contributed by atoms with E-state index >= 15 is 0 Å². The van der Waals surface area contributed by atoms with E-state index in [1.807, 2.05) is 26.0 Å². The van der Waals surface area contributed by atoms with Gasteiger partial charge in [0.1, 0.15) is 29.3 Å². The van der Waals surface area contributed by atoms with Crippen LogP contribution in [0.4, 0.5) is 17.3 Å². The van der Waals surface area contributed by atoms with Gasteiger partial charge in [-0.15, -0.1) is 0 Å². The Morgan fingerprint density at radius 2 is 1.96 bits per heavy atom. The zero-order chi connectivity index (χ0) is 18.5. The molecule has 0 aliphatic heterocycles. The van der Waals surface area contributed by atoms with Crippen molar-refractivity contribution >= 4 is 23.2 Å². The molecule has 0 aliphatic rings. The third-order valence-electron chi connectivity index (χ3n) is 3.28. The van der Waals surface area contributed by atoms with Gasteiger partial charge in [-0.2, -0.15) is 0 Å². The van der Waals surface area contributed by atoms with E-state index in [4.69, 9.17) is 9.26 Å². The van der Waals surface area contributed by atoms with Crippen LogP contribution in [0, 0.1) is 6.92 Å². The minimum absolute atomic E-state index is 0.00572. The van der Waals surface area contributed by atoms with Gasteiger partial charge in [-0.25, -0.2) is 9.97 Å². The summed E-state index contributed by atoms with van der Waals surface area (Å²) in [6.07, 6.45) is 1.30. The number of anilines is 3. The highest BCUT2D eigenvalue weighted by Crippen LogP contribution is 2.25. The fraction of sp³-hybridized carbons (Fsp3) is 0.222. The first-order valence-electron chi connectivity index (χ1n) is 8.10. The Bertz CT molecular complexity index is 907. The molecule has 2 aromatic heterocycles. The van der Waals surface area contributed by atoms with Crippen molar-refractivity contribution in [3.63, 3.8) is 0 Å². The molecule has 0 radical (unpaired) electrons. The van der Waals surface area contributed by atoms with Gasteiger partial charge in [-0.3, -0.25) is 4.79 Å². The van der Waals surface area contributed by atoms with Crippen LogP contribution in [0.5, 0.6) is 5.75 Å². The first kappa shape index (κ1) is 17.4. The van der Waals surface area contributed by atoms with Crippen LogP contribution < -0.4 is 15.4 Å². The van der Waals surface area contributed by atoms with Gasteiger partial charge in [0.2, 0.25) is 0 Å². The van der Waals surface area contributed by atoms with Gasteiger partial charge in [0.25, 0.3) is 5.91 Å². The molecule has 3 aromatic rings. The smallest absolute Gasteiger partial charge is 0.274 e. The molecule has 2 heterocycles. The molecule has 26 heavy (non-hydrogen) atoms. The van der Waals surface area contributed by atoms with Crippen LogP contribution in [0.15, 0.2) is 47.2 Å². The van der Waals surface area contributed by atoms with Gasteiger partial charge in [0.05, 0.1) is 11.8 Å². The van der Waals surface area contributed by atoms with Gasteiger partial charge >= 0.3 is 0 Å². The monoisotopic (exact) mass is 353 g/mol. The molecule has 0 unspecified atom stereocenters. The van der Waals surface area contributed by atoms with Crippen LogP contribution >= 0.6 is 0 Å². The van der Waals surface area contributed by atoms with Gasteiger partial charge in [0.15, 0.2) is 5.82 Å². The summed E-state index contributed by atoms with van der Waals surface area (Å²) in [6.45, 7) is 5.63. The van der Waals surface area contributed by atoms with Crippen molar-refractivity contribution in [1.82, 2.24) is 15.1 Å². The number of hydrogen-bond acceptors (Lipinski definition) is 7. The fourth-order valence-corrected chi connectivity index (χ4v) is 2.22. The molecule has 8 heteroatoms. The highest BCUT2D eigenvalue weighted by atomic mass is 16.5. The molecule has 134 valence electrons. The second-order valence-electron chi connectivity index (χ2n) is 5.85. The Morgan fingerprint density at radius 3 is 2.69 bits per heavy atom. The molecule has 0 bridgehead atoms. The highest BCUT2D eigenvalue weighted by Gasteiger charge is 2.13. The maximum absolute atomic E-state index is 12.5. The average molecular weight is 353 g/mol. The van der Waals surface area contributed by atoms with E-state index in [1.54, 1.807) is 25.1 Å². The highest BCUT2D eigenvalue weighted by molar-refractivity contribution is 6.04. The number of benzene rings is 1. The maximum atomic E-state index is 12.5. The van der Waals surface area contributed by atoms with Crippen LogP contribution in [0.25, 0.3) is 0 Å². The molecule has 0 saturated carbocycles. The standard InChI is InChI=1S/C18H19N5O3/c1-11(2)25-15-7-5-4-6-13(15)21-18(24)14-9-16(20-10-19-14)22-17-8-12(3)26-23-17/h4-11H,1-3H3,(H,21,24)(H,19,20,22,23). The normalized spacial score (nSPS) is 10.6. The number of aromatic nitrogens is 3. The number of para-hydroxylation sites is 2. The number of hydrogen-bond donors (Lipinski definition) is 2. The van der Waals surface area contributed by atoms with Crippen LogP contribution in [-0.4, -0.2) is 27.1 Å². The van der Waals surface area contributed by atoms with Crippen LogP contribution in [0.2, 0.25) is 0 Å². The predicted octanol–water partition coefficient (Wildman–Crippen LogP) is 3.56. The molecular weight excluding hydrogens is 334 g/mol. The van der Waals surface area contributed by atoms with Crippen molar-refractivity contribution in [2.45, 2.75) is 26.9 Å². The quantitative estimate of drug-likeness (QED) is 0.698. The third-order valence-corrected chi connectivity index (χ3v) is 3.28. The Morgan fingerprint density at radius 1 is 1.15 bits per heavy atom. The van der Waals surface area contributed by atoms with Crippen LogP contribution in [-0.2, 0) is 0 Å². The molecular formula is C18H19N5O3. The van der Waals surface area contributed by atoms with Crippen molar-refractivity contribution in [2.75, 3.05) is 10.6 Å². The Hall–Kier alpha value is -3.42. The summed E-state index contributed by atoms with van der Waals surface area (Å²) in [6, 6.07) is 10.5. The van der Waals surface area contributed by atoms with E-state index in [9.17, 15) is 4.79 Å². The van der Waals surface area contributed by atoms with E-state index in [0.29, 0.717) is 28.8 Å². The second-order valence-corrected chi connectivity index (χ2v) is 5.85. The Kier molecular flexibility index (Phi) is 5.12. The van der Waals surface area contributed by atoms with E-state index in [1.165, 1.54) is 12.4 Å². The zero-order valence-corrected chi connectivity index (χ0v) is 14.7. The lowest BCUT2D eigenvalue weighted by Crippen LogP contribution is -2.16. The van der Waals surface area contributed by atoms with Crippen molar-refractivity contribution in [2.24, 2.45) is 0 Å². The number of ether oxygens (including phenoxy) is 1. The van der Waals surface area contributed by atoms with Crippen molar-refractivity contribution < 1.29 is 14.1 Å². The van der Waals surface area contributed by atoms with Crippen molar-refractivity contribution in [3.8, 4) is 5.75 Å². The van der Waals surface area contributed by atoms with Crippen LogP contribution in [0.3, 0.4) is 0 Å². The minimum Gasteiger partial charge on any atom is -0.489 e. The SMILES string of the molecule is Cc1cc(Nc2cc(C(=O)Nc3ccccc3OC(C)C)ncn2)no1. The number of nitrogens with one attached hydrogen (secondary N) is 2. The van der Waals surface area contributed by atoms with E-state index in [0.717, 1.165) is 0 Å². The molecule has 0 aliphatic carbocycles. The fourth-order valence-electron chi connectivity index (χ4n) is 2.22. The number of nitrogens with zero attached hydrogens (tertiary/aromatic N) is 3. The van der Waals surface area contributed by atoms with Gasteiger partial charge in [0, 0.05) is 12.1 Å². The lowest BCUT2D eigenvalue weighted by molar-refractivity contribution is 0.102. The van der Waals surface area contributed by atoms with E-state index < -0.39 is 0 Å². The Labute approximate surface area is 150 Å². The topological polar surface area (TPSA) is 102 Å². The number of carbonyl (C=O) groups excluding carboxylic acids is 1. The first-order valence-corrected chi connectivity index (χ1v) is 8.10. The largest absolute Gasteiger partial charge is 0.489 e. The number of carbonyl (C=O) groups is 1. The molecule has 3 rings (SSSR count). The molecule has 0 spiro atoms. The average Bonchev–Trinajstić information content (AvgIpc) is 3.01. The molecule has 0 atom stereocenters. The molecule has 1 amide bonds. The van der Waals surface area contributed by atoms with Gasteiger partial charge in [-0.05, 0) is 32.9 Å². The summed E-state index contributed by atoms with van der Waals surface area (Å²) in [5, 5.41) is 9.60. The van der Waals surface area contributed by atoms with Crippen LogP contribution in [0.1, 0.15) is 30.1 Å². The minimum atomic E-state index is -0.369. The van der Waals surface area contributed by atoms with E-state index in [-0.39, 0.29) is 17.7 Å². The summed E-state index contributed by atoms with van der Waals surface area (Å²) < 4.78 is 10.7. The third kappa shape index (κ3) is 4.35. The molecule has 8 nitrogen and oxygen atoms in total. The zero-order valence-electron chi connectivity index (χ0n) is 14.7. The molecule has 0 fully saturated rings. The molecule has 2 N–H and O–H groups in total. The number of amides is 1. The van der Waals surface area contributed by atoms with Crippen molar-refractivity contribution in [1.29, 1.82) is 0 Å². The van der Waals surface area contributed by atoms with Gasteiger partial charge in [-0.1, -0.05) is 17.3 Å². The maximum Gasteiger partial charge on any atom is 0.274 e. The summed E-state index contributed by atoms with van der Waals surface area (Å²) in [4.78, 5) is 20.6. The molecule has 0 saturated heterocycles.